The number of ether oxygens (including phenoxy) is 1. The molecule has 2 rings (SSSR count). The van der Waals surface area contributed by atoms with E-state index in [0.717, 1.165) is 4.47 Å². The quantitative estimate of drug-likeness (QED) is 0.927. The minimum absolute atomic E-state index is 0.00415. The van der Waals surface area contributed by atoms with E-state index in [1.54, 1.807) is 12.1 Å². The minimum atomic E-state index is -0.197. The molecule has 1 aliphatic rings. The molecule has 1 N–H and O–H groups in total. The van der Waals surface area contributed by atoms with E-state index in [-0.39, 0.29) is 24.6 Å². The summed E-state index contributed by atoms with van der Waals surface area (Å²) in [6, 6.07) is 5.18. The summed E-state index contributed by atoms with van der Waals surface area (Å²) in [5.41, 5.74) is 0.662. The summed E-state index contributed by atoms with van der Waals surface area (Å²) in [5, 5.41) is 9.13. The summed E-state index contributed by atoms with van der Waals surface area (Å²) in [6.07, 6.45) is -0.170. The first kappa shape index (κ1) is 13.9. The molecule has 5 heteroatoms. The largest absolute Gasteiger partial charge is 0.394 e. The third-order valence-corrected chi connectivity index (χ3v) is 3.71. The van der Waals surface area contributed by atoms with Crippen molar-refractivity contribution in [2.24, 2.45) is 0 Å². The predicted molar refractivity (Wildman–Crippen MR) is 70.8 cm³/mol. The molecule has 1 heterocycles. The fourth-order valence-corrected chi connectivity index (χ4v) is 2.50. The maximum absolute atomic E-state index is 13.7. The highest BCUT2D eigenvalue weighted by molar-refractivity contribution is 9.10. The van der Waals surface area contributed by atoms with E-state index in [0.29, 0.717) is 25.3 Å². The van der Waals surface area contributed by atoms with Gasteiger partial charge >= 0.3 is 0 Å². The van der Waals surface area contributed by atoms with Gasteiger partial charge in [0.1, 0.15) is 5.82 Å². The van der Waals surface area contributed by atoms with E-state index in [1.165, 1.54) is 6.07 Å². The third-order valence-electron chi connectivity index (χ3n) is 3.22. The van der Waals surface area contributed by atoms with Crippen LogP contribution >= 0.6 is 15.9 Å². The number of hydrogen-bond donors (Lipinski definition) is 1. The first-order chi connectivity index (χ1) is 8.60. The van der Waals surface area contributed by atoms with Gasteiger partial charge in [-0.25, -0.2) is 4.39 Å². The maximum atomic E-state index is 13.7. The van der Waals surface area contributed by atoms with Crippen molar-refractivity contribution in [2.45, 2.75) is 25.6 Å². The zero-order valence-corrected chi connectivity index (χ0v) is 11.9. The first-order valence-corrected chi connectivity index (χ1v) is 6.80. The number of morpholine rings is 1. The van der Waals surface area contributed by atoms with Crippen molar-refractivity contribution < 1.29 is 14.2 Å². The standard InChI is InChI=1S/C13H17BrFNO2/c1-9-8-18-12(7-17)6-16(9)5-10-4-11(14)2-3-13(10)15/h2-4,9,12,17H,5-8H2,1H3. The Kier molecular flexibility index (Phi) is 4.72. The maximum Gasteiger partial charge on any atom is 0.127 e. The average Bonchev–Trinajstić information content (AvgIpc) is 2.36. The van der Waals surface area contributed by atoms with Crippen LogP contribution in [0.1, 0.15) is 12.5 Å². The Hall–Kier alpha value is -0.490. The van der Waals surface area contributed by atoms with Gasteiger partial charge in [-0.2, -0.15) is 0 Å². The summed E-state index contributed by atoms with van der Waals surface area (Å²) < 4.78 is 20.0. The summed E-state index contributed by atoms with van der Waals surface area (Å²) in [7, 11) is 0. The molecule has 0 spiro atoms. The fourth-order valence-electron chi connectivity index (χ4n) is 2.09. The van der Waals surface area contributed by atoms with E-state index in [1.807, 2.05) is 6.92 Å². The number of aliphatic hydroxyl groups excluding tert-OH is 1. The molecule has 2 atom stereocenters. The van der Waals surface area contributed by atoms with Crippen LogP contribution in [-0.2, 0) is 11.3 Å². The zero-order chi connectivity index (χ0) is 13.1. The highest BCUT2D eigenvalue weighted by Crippen LogP contribution is 2.20. The van der Waals surface area contributed by atoms with Crippen LogP contribution in [0.25, 0.3) is 0 Å². The van der Waals surface area contributed by atoms with E-state index in [2.05, 4.69) is 20.8 Å². The third kappa shape index (κ3) is 3.29. The second kappa shape index (κ2) is 6.10. The van der Waals surface area contributed by atoms with E-state index in [9.17, 15) is 4.39 Å². The van der Waals surface area contributed by atoms with Crippen LogP contribution in [0.15, 0.2) is 22.7 Å². The van der Waals surface area contributed by atoms with Gasteiger partial charge in [-0.05, 0) is 25.1 Å². The zero-order valence-electron chi connectivity index (χ0n) is 10.3. The van der Waals surface area contributed by atoms with Gasteiger partial charge in [0, 0.05) is 29.2 Å². The van der Waals surface area contributed by atoms with Gasteiger partial charge in [0.2, 0.25) is 0 Å². The second-order valence-corrected chi connectivity index (χ2v) is 5.57. The molecule has 0 saturated carbocycles. The molecule has 1 aromatic carbocycles. The number of hydrogen-bond acceptors (Lipinski definition) is 3. The SMILES string of the molecule is CC1COC(CO)CN1Cc1cc(Br)ccc1F. The van der Waals surface area contributed by atoms with Gasteiger partial charge in [-0.1, -0.05) is 15.9 Å². The van der Waals surface area contributed by atoms with Crippen molar-refractivity contribution >= 4 is 15.9 Å². The van der Waals surface area contributed by atoms with Gasteiger partial charge in [-0.15, -0.1) is 0 Å². The van der Waals surface area contributed by atoms with Crippen LogP contribution in [0.4, 0.5) is 4.39 Å². The fraction of sp³-hybridized carbons (Fsp3) is 0.538. The smallest absolute Gasteiger partial charge is 0.127 e. The topological polar surface area (TPSA) is 32.7 Å². The number of aliphatic hydroxyl groups is 1. The highest BCUT2D eigenvalue weighted by Gasteiger charge is 2.26. The van der Waals surface area contributed by atoms with Crippen LogP contribution in [0.5, 0.6) is 0 Å². The van der Waals surface area contributed by atoms with Crippen LogP contribution in [-0.4, -0.2) is 41.9 Å². The molecule has 100 valence electrons. The molecule has 0 amide bonds. The van der Waals surface area contributed by atoms with Gasteiger partial charge in [0.25, 0.3) is 0 Å². The van der Waals surface area contributed by atoms with Gasteiger partial charge in [0.05, 0.1) is 19.3 Å². The first-order valence-electron chi connectivity index (χ1n) is 6.00. The molecule has 0 aliphatic carbocycles. The average molecular weight is 318 g/mol. The summed E-state index contributed by atoms with van der Waals surface area (Å²) in [4.78, 5) is 2.13. The Labute approximate surface area is 115 Å². The monoisotopic (exact) mass is 317 g/mol. The second-order valence-electron chi connectivity index (χ2n) is 4.65. The molecule has 0 radical (unpaired) electrons. The van der Waals surface area contributed by atoms with E-state index >= 15 is 0 Å². The molecule has 0 bridgehead atoms. The van der Waals surface area contributed by atoms with Crippen molar-refractivity contribution in [1.82, 2.24) is 4.90 Å². The Balaban J connectivity index is 2.09. The van der Waals surface area contributed by atoms with Gasteiger partial charge in [0.15, 0.2) is 0 Å². The number of halogens is 2. The van der Waals surface area contributed by atoms with Crippen LogP contribution in [0, 0.1) is 5.82 Å². The van der Waals surface area contributed by atoms with Crippen molar-refractivity contribution in [1.29, 1.82) is 0 Å². The Morgan fingerprint density at radius 3 is 3.06 bits per heavy atom. The number of nitrogens with zero attached hydrogens (tertiary/aromatic N) is 1. The van der Waals surface area contributed by atoms with Crippen LogP contribution < -0.4 is 0 Å². The summed E-state index contributed by atoms with van der Waals surface area (Å²) in [5.74, 6) is -0.197. The van der Waals surface area contributed by atoms with E-state index < -0.39 is 0 Å². The molecule has 2 unspecified atom stereocenters. The van der Waals surface area contributed by atoms with Crippen LogP contribution in [0.3, 0.4) is 0 Å². The molecule has 1 saturated heterocycles. The van der Waals surface area contributed by atoms with Crippen molar-refractivity contribution in [3.05, 3.63) is 34.1 Å². The Morgan fingerprint density at radius 1 is 1.56 bits per heavy atom. The van der Waals surface area contributed by atoms with Crippen molar-refractivity contribution in [2.75, 3.05) is 19.8 Å². The Bertz CT molecular complexity index is 416. The highest BCUT2D eigenvalue weighted by atomic mass is 79.9. The predicted octanol–water partition coefficient (Wildman–Crippen LogP) is 2.17. The number of rotatable bonds is 3. The summed E-state index contributed by atoms with van der Waals surface area (Å²) in [6.45, 7) is 3.78. The lowest BCUT2D eigenvalue weighted by Gasteiger charge is -2.37. The van der Waals surface area contributed by atoms with Crippen LogP contribution in [0.2, 0.25) is 0 Å². The molecular formula is C13H17BrFNO2. The minimum Gasteiger partial charge on any atom is -0.394 e. The lowest BCUT2D eigenvalue weighted by molar-refractivity contribution is -0.0807. The lowest BCUT2D eigenvalue weighted by atomic mass is 10.1. The molecule has 1 fully saturated rings. The normalized spacial score (nSPS) is 25.3. The number of benzene rings is 1. The molecule has 1 aliphatic heterocycles. The molecule has 1 aromatic rings. The van der Waals surface area contributed by atoms with E-state index in [4.69, 9.17) is 9.84 Å². The molecule has 0 aromatic heterocycles. The summed E-state index contributed by atoms with van der Waals surface area (Å²) >= 11 is 3.35. The lowest BCUT2D eigenvalue weighted by Crippen LogP contribution is -2.48. The Morgan fingerprint density at radius 2 is 2.33 bits per heavy atom. The molecule has 18 heavy (non-hydrogen) atoms. The molecular weight excluding hydrogens is 301 g/mol. The van der Waals surface area contributed by atoms with Gasteiger partial charge < -0.3 is 9.84 Å². The van der Waals surface area contributed by atoms with Crippen molar-refractivity contribution in [3.8, 4) is 0 Å². The molecule has 3 nitrogen and oxygen atoms in total. The van der Waals surface area contributed by atoms with Gasteiger partial charge in [-0.3, -0.25) is 4.90 Å². The van der Waals surface area contributed by atoms with Crippen molar-refractivity contribution in [3.63, 3.8) is 0 Å².